The van der Waals surface area contributed by atoms with Crippen molar-refractivity contribution in [3.63, 3.8) is 0 Å². The van der Waals surface area contributed by atoms with Gasteiger partial charge in [-0.3, -0.25) is 9.69 Å². The number of likely N-dealkylation sites (N-methyl/N-ethyl adjacent to an activating group) is 1. The fourth-order valence-corrected chi connectivity index (χ4v) is 3.20. The number of hydrogen-bond donors (Lipinski definition) is 1. The molecule has 1 aliphatic heterocycles. The number of halogens is 1. The number of piperazine rings is 1. The summed E-state index contributed by atoms with van der Waals surface area (Å²) >= 11 is 7.47. The third-order valence-corrected chi connectivity index (χ3v) is 4.41. The van der Waals surface area contributed by atoms with E-state index >= 15 is 0 Å². The molecule has 2 N–H and O–H groups in total. The molecule has 1 unspecified atom stereocenters. The number of amides is 1. The lowest BCUT2D eigenvalue weighted by Gasteiger charge is -2.36. The highest BCUT2D eigenvalue weighted by Gasteiger charge is 2.27. The molecule has 2 rings (SSSR count). The average molecular weight is 274 g/mol. The first-order valence-electron chi connectivity index (χ1n) is 5.55. The third kappa shape index (κ3) is 2.80. The molecule has 0 radical (unpaired) electrons. The zero-order chi connectivity index (χ0) is 12.4. The van der Waals surface area contributed by atoms with Gasteiger partial charge in [0.1, 0.15) is 0 Å². The average Bonchev–Trinajstić information content (AvgIpc) is 2.71. The minimum Gasteiger partial charge on any atom is -0.343 e. The monoisotopic (exact) mass is 273 g/mol. The van der Waals surface area contributed by atoms with Gasteiger partial charge in [0.2, 0.25) is 5.91 Å². The molecule has 6 heteroatoms. The van der Waals surface area contributed by atoms with Crippen LogP contribution in [-0.2, 0) is 4.79 Å². The van der Waals surface area contributed by atoms with Gasteiger partial charge < -0.3 is 10.6 Å². The number of hydrogen-bond acceptors (Lipinski definition) is 4. The van der Waals surface area contributed by atoms with Crippen LogP contribution in [0.2, 0.25) is 4.34 Å². The molecule has 1 saturated heterocycles. The Hall–Kier alpha value is -0.620. The summed E-state index contributed by atoms with van der Waals surface area (Å²) in [5.74, 6) is 0.150. The lowest BCUT2D eigenvalue weighted by Crippen LogP contribution is -2.50. The molecule has 1 aromatic heterocycles. The summed E-state index contributed by atoms with van der Waals surface area (Å²) in [5, 5.41) is 0. The molecule has 2 heterocycles. The predicted octanol–water partition coefficient (Wildman–Crippen LogP) is 1.18. The number of carbonyl (C=O) groups excluding carboxylic acids is 1. The van der Waals surface area contributed by atoms with Gasteiger partial charge in [0.25, 0.3) is 0 Å². The molecule has 0 bridgehead atoms. The minimum absolute atomic E-state index is 0.102. The van der Waals surface area contributed by atoms with Crippen molar-refractivity contribution in [1.82, 2.24) is 9.80 Å². The Morgan fingerprint density at radius 2 is 2.29 bits per heavy atom. The summed E-state index contributed by atoms with van der Waals surface area (Å²) in [4.78, 5) is 16.7. The SMILES string of the molecule is CN1CCN(C(CN)c2ccc(Cl)s2)CC1=O. The molecule has 0 aliphatic carbocycles. The fourth-order valence-electron chi connectivity index (χ4n) is 2.00. The normalized spacial score (nSPS) is 19.7. The van der Waals surface area contributed by atoms with Gasteiger partial charge in [0, 0.05) is 31.6 Å². The van der Waals surface area contributed by atoms with Crippen molar-refractivity contribution in [2.24, 2.45) is 5.73 Å². The maximum absolute atomic E-state index is 11.7. The zero-order valence-corrected chi connectivity index (χ0v) is 11.3. The Morgan fingerprint density at radius 3 is 2.82 bits per heavy atom. The quantitative estimate of drug-likeness (QED) is 0.900. The van der Waals surface area contributed by atoms with E-state index in [1.165, 1.54) is 11.3 Å². The van der Waals surface area contributed by atoms with Crippen LogP contribution in [0.3, 0.4) is 0 Å². The lowest BCUT2D eigenvalue weighted by molar-refractivity contribution is -0.135. The van der Waals surface area contributed by atoms with Crippen LogP contribution in [0.5, 0.6) is 0 Å². The van der Waals surface area contributed by atoms with Crippen LogP contribution in [0, 0.1) is 0 Å². The zero-order valence-electron chi connectivity index (χ0n) is 9.73. The fraction of sp³-hybridized carbons (Fsp3) is 0.545. The first-order valence-corrected chi connectivity index (χ1v) is 6.74. The van der Waals surface area contributed by atoms with Crippen LogP contribution < -0.4 is 5.73 Å². The van der Waals surface area contributed by atoms with Gasteiger partial charge in [-0.05, 0) is 12.1 Å². The van der Waals surface area contributed by atoms with E-state index in [0.29, 0.717) is 13.1 Å². The maximum Gasteiger partial charge on any atom is 0.236 e. The molecule has 1 aromatic rings. The highest BCUT2D eigenvalue weighted by molar-refractivity contribution is 7.16. The minimum atomic E-state index is 0.102. The maximum atomic E-state index is 11.7. The van der Waals surface area contributed by atoms with Gasteiger partial charge in [-0.15, -0.1) is 11.3 Å². The summed E-state index contributed by atoms with van der Waals surface area (Å²) in [6, 6.07) is 3.97. The Balaban J connectivity index is 2.11. The van der Waals surface area contributed by atoms with Gasteiger partial charge in [-0.25, -0.2) is 0 Å². The summed E-state index contributed by atoms with van der Waals surface area (Å²) in [7, 11) is 1.83. The molecule has 0 saturated carbocycles. The molecule has 4 nitrogen and oxygen atoms in total. The van der Waals surface area contributed by atoms with Gasteiger partial charge >= 0.3 is 0 Å². The van der Waals surface area contributed by atoms with E-state index in [-0.39, 0.29) is 11.9 Å². The largest absolute Gasteiger partial charge is 0.343 e. The Morgan fingerprint density at radius 1 is 1.53 bits per heavy atom. The molecule has 17 heavy (non-hydrogen) atoms. The van der Waals surface area contributed by atoms with Crippen molar-refractivity contribution < 1.29 is 4.79 Å². The van der Waals surface area contributed by atoms with Crippen molar-refractivity contribution in [3.8, 4) is 0 Å². The van der Waals surface area contributed by atoms with Crippen molar-refractivity contribution in [2.75, 3.05) is 33.2 Å². The second-order valence-electron chi connectivity index (χ2n) is 4.18. The van der Waals surface area contributed by atoms with E-state index in [2.05, 4.69) is 4.90 Å². The second-order valence-corrected chi connectivity index (χ2v) is 5.93. The van der Waals surface area contributed by atoms with E-state index in [1.807, 2.05) is 19.2 Å². The van der Waals surface area contributed by atoms with Crippen molar-refractivity contribution in [3.05, 3.63) is 21.3 Å². The first kappa shape index (κ1) is 12.8. The molecule has 1 atom stereocenters. The van der Waals surface area contributed by atoms with Crippen LogP contribution in [-0.4, -0.2) is 48.9 Å². The van der Waals surface area contributed by atoms with Crippen LogP contribution in [0.15, 0.2) is 12.1 Å². The molecule has 0 aromatic carbocycles. The summed E-state index contributed by atoms with van der Waals surface area (Å²) in [6.45, 7) is 2.57. The molecular formula is C11H16ClN3OS. The summed E-state index contributed by atoms with van der Waals surface area (Å²) in [6.07, 6.45) is 0. The van der Waals surface area contributed by atoms with Gasteiger partial charge in [0.05, 0.1) is 16.9 Å². The Labute approximate surface area is 110 Å². The number of nitrogens with zero attached hydrogens (tertiary/aromatic N) is 2. The third-order valence-electron chi connectivity index (χ3n) is 3.07. The van der Waals surface area contributed by atoms with E-state index < -0.39 is 0 Å². The van der Waals surface area contributed by atoms with Gasteiger partial charge in [-0.1, -0.05) is 11.6 Å². The first-order chi connectivity index (χ1) is 8.11. The van der Waals surface area contributed by atoms with E-state index in [0.717, 1.165) is 22.3 Å². The molecule has 1 fully saturated rings. The van der Waals surface area contributed by atoms with Crippen molar-refractivity contribution >= 4 is 28.8 Å². The van der Waals surface area contributed by atoms with Crippen molar-refractivity contribution in [2.45, 2.75) is 6.04 Å². The highest BCUT2D eigenvalue weighted by atomic mass is 35.5. The number of nitrogens with two attached hydrogens (primary N) is 1. The smallest absolute Gasteiger partial charge is 0.236 e. The topological polar surface area (TPSA) is 49.6 Å². The number of carbonyl (C=O) groups is 1. The van der Waals surface area contributed by atoms with Gasteiger partial charge in [-0.2, -0.15) is 0 Å². The van der Waals surface area contributed by atoms with Gasteiger partial charge in [0.15, 0.2) is 0 Å². The van der Waals surface area contributed by atoms with Crippen LogP contribution in [0.1, 0.15) is 10.9 Å². The van der Waals surface area contributed by atoms with E-state index in [4.69, 9.17) is 17.3 Å². The van der Waals surface area contributed by atoms with E-state index in [1.54, 1.807) is 4.90 Å². The number of thiophene rings is 1. The summed E-state index contributed by atoms with van der Waals surface area (Å²) in [5.41, 5.74) is 5.82. The molecule has 0 spiro atoms. The van der Waals surface area contributed by atoms with E-state index in [9.17, 15) is 4.79 Å². The molecule has 1 aliphatic rings. The Bertz CT molecular complexity index is 409. The Kier molecular flexibility index (Phi) is 4.04. The number of rotatable bonds is 3. The molecular weight excluding hydrogens is 258 g/mol. The standard InChI is InChI=1S/C11H16ClN3OS/c1-14-4-5-15(7-11(14)16)8(6-13)9-2-3-10(12)17-9/h2-3,8H,4-7,13H2,1H3. The van der Waals surface area contributed by atoms with Crippen LogP contribution in [0.25, 0.3) is 0 Å². The second kappa shape index (κ2) is 5.35. The molecule has 94 valence electrons. The molecule has 1 amide bonds. The van der Waals surface area contributed by atoms with Crippen LogP contribution >= 0.6 is 22.9 Å². The highest BCUT2D eigenvalue weighted by Crippen LogP contribution is 2.30. The predicted molar refractivity (Wildman–Crippen MR) is 70.3 cm³/mol. The van der Waals surface area contributed by atoms with Crippen molar-refractivity contribution in [1.29, 1.82) is 0 Å². The van der Waals surface area contributed by atoms with Crippen LogP contribution in [0.4, 0.5) is 0 Å². The summed E-state index contributed by atoms with van der Waals surface area (Å²) < 4.78 is 0.763. The lowest BCUT2D eigenvalue weighted by atomic mass is 10.1.